The summed E-state index contributed by atoms with van der Waals surface area (Å²) in [5.41, 5.74) is 16.7. The maximum absolute atomic E-state index is 2.52. The lowest BCUT2D eigenvalue weighted by atomic mass is 9.92. The molecule has 0 aliphatic heterocycles. The number of hydrogen-bond acceptors (Lipinski definition) is 0. The normalized spacial score (nSPS) is 11.8. The van der Waals surface area contributed by atoms with Crippen LogP contribution in [-0.2, 0) is 0 Å². The summed E-state index contributed by atoms with van der Waals surface area (Å²) in [4.78, 5) is 0. The number of rotatable bonds is 3. The molecule has 1 aromatic heterocycles. The highest BCUT2D eigenvalue weighted by molar-refractivity contribution is 6.13. The summed E-state index contributed by atoms with van der Waals surface area (Å²) in [6.45, 7) is 13.3. The lowest BCUT2D eigenvalue weighted by Crippen LogP contribution is -1.97. The van der Waals surface area contributed by atoms with Crippen LogP contribution in [0.25, 0.3) is 71.3 Å². The minimum absolute atomic E-state index is 1.21. The molecule has 0 atom stereocenters. The van der Waals surface area contributed by atoms with Crippen molar-refractivity contribution in [3.8, 4) is 27.9 Å². The quantitative estimate of drug-likeness (QED) is 0.183. The zero-order valence-corrected chi connectivity index (χ0v) is 26.9. The monoisotopic (exact) mass is 579 g/mol. The van der Waals surface area contributed by atoms with Gasteiger partial charge in [-0.05, 0) is 133 Å². The number of fused-ring (bicyclic) bond motifs is 5. The van der Waals surface area contributed by atoms with Crippen LogP contribution in [-0.4, -0.2) is 4.57 Å². The molecule has 0 saturated heterocycles. The minimum atomic E-state index is 1.21. The standard InChI is InChI=1S/C44H37N/c1-26-18-28(3)43(29(4)19-26)35-14-16-37-38-17-15-36(44-30(5)20-27(2)21-31(44)6)25-42(38)45(41(37)24-35)40-13-9-12-34-22-32-10-7-8-11-33(32)23-39(34)40/h7-25H,1-6H3. The molecule has 45 heavy (non-hydrogen) atoms. The fraction of sp³-hybridized carbons (Fsp3) is 0.136. The molecule has 1 nitrogen and oxygen atoms in total. The topological polar surface area (TPSA) is 4.93 Å². The Balaban J connectivity index is 1.49. The average Bonchev–Trinajstić information content (AvgIpc) is 3.31. The Bertz CT molecular complexity index is 2330. The summed E-state index contributed by atoms with van der Waals surface area (Å²) < 4.78 is 2.52. The van der Waals surface area contributed by atoms with Crippen molar-refractivity contribution in [2.24, 2.45) is 0 Å². The van der Waals surface area contributed by atoms with Gasteiger partial charge < -0.3 is 4.57 Å². The molecule has 0 radical (unpaired) electrons. The molecule has 0 fully saturated rings. The van der Waals surface area contributed by atoms with Gasteiger partial charge in [0, 0.05) is 16.2 Å². The van der Waals surface area contributed by atoms with Crippen LogP contribution in [0.15, 0.2) is 115 Å². The van der Waals surface area contributed by atoms with Crippen molar-refractivity contribution in [1.29, 1.82) is 0 Å². The molecule has 218 valence electrons. The van der Waals surface area contributed by atoms with Gasteiger partial charge in [-0.2, -0.15) is 0 Å². The number of nitrogens with zero attached hydrogens (tertiary/aromatic N) is 1. The van der Waals surface area contributed by atoms with Crippen molar-refractivity contribution >= 4 is 43.4 Å². The van der Waals surface area contributed by atoms with Gasteiger partial charge in [0.2, 0.25) is 0 Å². The highest BCUT2D eigenvalue weighted by atomic mass is 15.0. The van der Waals surface area contributed by atoms with Crippen LogP contribution in [0.5, 0.6) is 0 Å². The van der Waals surface area contributed by atoms with Gasteiger partial charge in [0.15, 0.2) is 0 Å². The molecule has 8 aromatic rings. The summed E-state index contributed by atoms with van der Waals surface area (Å²) in [5.74, 6) is 0. The second-order valence-corrected chi connectivity index (χ2v) is 13.0. The van der Waals surface area contributed by atoms with Crippen LogP contribution in [0.3, 0.4) is 0 Å². The third kappa shape index (κ3) is 4.37. The van der Waals surface area contributed by atoms with E-state index in [4.69, 9.17) is 0 Å². The van der Waals surface area contributed by atoms with Crippen LogP contribution >= 0.6 is 0 Å². The van der Waals surface area contributed by atoms with Crippen molar-refractivity contribution in [3.05, 3.63) is 149 Å². The molecule has 8 rings (SSSR count). The van der Waals surface area contributed by atoms with E-state index in [-0.39, 0.29) is 0 Å². The first-order valence-corrected chi connectivity index (χ1v) is 15.9. The smallest absolute Gasteiger partial charge is 0.0547 e. The van der Waals surface area contributed by atoms with Gasteiger partial charge in [-0.25, -0.2) is 0 Å². The van der Waals surface area contributed by atoms with E-state index in [2.05, 4.69) is 161 Å². The van der Waals surface area contributed by atoms with Gasteiger partial charge in [0.1, 0.15) is 0 Å². The predicted octanol–water partition coefficient (Wildman–Crippen LogP) is 12.3. The zero-order chi connectivity index (χ0) is 31.0. The van der Waals surface area contributed by atoms with Gasteiger partial charge in [0.05, 0.1) is 16.7 Å². The average molecular weight is 580 g/mol. The fourth-order valence-electron chi connectivity index (χ4n) is 8.01. The van der Waals surface area contributed by atoms with Crippen molar-refractivity contribution in [2.45, 2.75) is 41.5 Å². The van der Waals surface area contributed by atoms with Gasteiger partial charge in [0.25, 0.3) is 0 Å². The molecular formula is C44H37N. The first kappa shape index (κ1) is 27.4. The molecule has 0 saturated carbocycles. The van der Waals surface area contributed by atoms with Crippen LogP contribution in [0.4, 0.5) is 0 Å². The van der Waals surface area contributed by atoms with Crippen LogP contribution < -0.4 is 0 Å². The molecule has 1 heterocycles. The lowest BCUT2D eigenvalue weighted by molar-refractivity contribution is 1.20. The van der Waals surface area contributed by atoms with E-state index in [1.807, 2.05) is 0 Å². The van der Waals surface area contributed by atoms with Crippen molar-refractivity contribution in [1.82, 2.24) is 4.57 Å². The minimum Gasteiger partial charge on any atom is -0.309 e. The van der Waals surface area contributed by atoms with Crippen LogP contribution in [0.1, 0.15) is 33.4 Å². The Morgan fingerprint density at radius 1 is 0.378 bits per heavy atom. The molecule has 0 bridgehead atoms. The van der Waals surface area contributed by atoms with Crippen molar-refractivity contribution in [2.75, 3.05) is 0 Å². The Labute approximate surface area is 265 Å². The summed E-state index contributed by atoms with van der Waals surface area (Å²) in [6, 6.07) is 43.5. The third-order valence-corrected chi connectivity index (χ3v) is 9.66. The van der Waals surface area contributed by atoms with E-state index in [1.54, 1.807) is 0 Å². The van der Waals surface area contributed by atoms with E-state index >= 15 is 0 Å². The second-order valence-electron chi connectivity index (χ2n) is 13.0. The molecule has 0 N–H and O–H groups in total. The molecule has 0 unspecified atom stereocenters. The lowest BCUT2D eigenvalue weighted by Gasteiger charge is -2.16. The van der Waals surface area contributed by atoms with E-state index in [1.165, 1.54) is 105 Å². The Morgan fingerprint density at radius 2 is 0.844 bits per heavy atom. The van der Waals surface area contributed by atoms with Crippen LogP contribution in [0.2, 0.25) is 0 Å². The van der Waals surface area contributed by atoms with Gasteiger partial charge in [-0.15, -0.1) is 0 Å². The number of aromatic nitrogens is 1. The summed E-state index contributed by atoms with van der Waals surface area (Å²) in [5, 5.41) is 7.59. The SMILES string of the molecule is Cc1cc(C)c(-c2ccc3c4ccc(-c5c(C)cc(C)cc5C)cc4n(-c4cccc5cc6ccccc6cc45)c3c2)c(C)c1. The van der Waals surface area contributed by atoms with E-state index in [0.717, 1.165) is 0 Å². The van der Waals surface area contributed by atoms with E-state index < -0.39 is 0 Å². The van der Waals surface area contributed by atoms with E-state index in [9.17, 15) is 0 Å². The maximum Gasteiger partial charge on any atom is 0.0547 e. The van der Waals surface area contributed by atoms with Crippen molar-refractivity contribution < 1.29 is 0 Å². The Morgan fingerprint density at radius 3 is 1.36 bits per heavy atom. The first-order valence-electron chi connectivity index (χ1n) is 15.9. The summed E-state index contributed by atoms with van der Waals surface area (Å²) in [6.07, 6.45) is 0. The second kappa shape index (κ2) is 10.2. The molecule has 0 aliphatic carbocycles. The molecule has 0 spiro atoms. The first-order chi connectivity index (χ1) is 21.8. The summed E-state index contributed by atoms with van der Waals surface area (Å²) >= 11 is 0. The number of hydrogen-bond donors (Lipinski definition) is 0. The summed E-state index contributed by atoms with van der Waals surface area (Å²) in [7, 11) is 0. The predicted molar refractivity (Wildman–Crippen MR) is 195 cm³/mol. The molecule has 0 aliphatic rings. The molecule has 1 heteroatoms. The Kier molecular flexibility index (Phi) is 6.22. The van der Waals surface area contributed by atoms with E-state index in [0.29, 0.717) is 0 Å². The highest BCUT2D eigenvalue weighted by Gasteiger charge is 2.18. The third-order valence-electron chi connectivity index (χ3n) is 9.66. The van der Waals surface area contributed by atoms with Gasteiger partial charge in [-0.3, -0.25) is 0 Å². The van der Waals surface area contributed by atoms with Crippen molar-refractivity contribution in [3.63, 3.8) is 0 Å². The molecular weight excluding hydrogens is 542 g/mol. The zero-order valence-electron chi connectivity index (χ0n) is 26.9. The molecule has 7 aromatic carbocycles. The number of benzene rings is 7. The molecule has 0 amide bonds. The van der Waals surface area contributed by atoms with Gasteiger partial charge in [-0.1, -0.05) is 96.1 Å². The number of aryl methyl sites for hydroxylation is 6. The largest absolute Gasteiger partial charge is 0.309 e. The van der Waals surface area contributed by atoms with Crippen LogP contribution in [0, 0.1) is 41.5 Å². The van der Waals surface area contributed by atoms with Gasteiger partial charge >= 0.3 is 0 Å². The Hall–Kier alpha value is -5.14. The fourth-order valence-corrected chi connectivity index (χ4v) is 8.01. The maximum atomic E-state index is 2.52. The highest BCUT2D eigenvalue weighted by Crippen LogP contribution is 2.41.